The van der Waals surface area contributed by atoms with E-state index in [9.17, 15) is 4.79 Å². The van der Waals surface area contributed by atoms with Gasteiger partial charge in [0.15, 0.2) is 0 Å². The fourth-order valence-corrected chi connectivity index (χ4v) is 6.26. The van der Waals surface area contributed by atoms with Gasteiger partial charge in [0.05, 0.1) is 40.6 Å². The molecule has 42 heavy (non-hydrogen) atoms. The van der Waals surface area contributed by atoms with Gasteiger partial charge in [0.2, 0.25) is 11.8 Å². The maximum atomic E-state index is 11.6. The molecule has 3 aliphatic rings. The van der Waals surface area contributed by atoms with Crippen molar-refractivity contribution in [1.29, 1.82) is 0 Å². The molecule has 0 unspecified atom stereocenters. The summed E-state index contributed by atoms with van der Waals surface area (Å²) in [4.78, 5) is 16.4. The molecule has 2 aromatic carbocycles. The summed E-state index contributed by atoms with van der Waals surface area (Å²) in [5, 5.41) is 7.51. The molecule has 8 nitrogen and oxygen atoms in total. The van der Waals surface area contributed by atoms with Crippen molar-refractivity contribution < 1.29 is 23.6 Å². The van der Waals surface area contributed by atoms with Crippen LogP contribution in [0.1, 0.15) is 52.1 Å². The van der Waals surface area contributed by atoms with Crippen LogP contribution in [-0.2, 0) is 14.1 Å². The second kappa shape index (κ2) is 11.0. The summed E-state index contributed by atoms with van der Waals surface area (Å²) in [5.41, 5.74) is 3.50. The third-order valence-corrected chi connectivity index (χ3v) is 9.56. The standard InChI is InChI=1S/C31H34BCl2N3O5/c1-30(2)31(3,4)42-32(41-30)21-11-7-9-19(28(21)34)18-8-6-10-20(27(18)33)22-14-24-26(29(37-22)39-5)23(16-40-24)35-15-17-12-13-25(38)36-17/h6-11,14,17,23,35H,12-13,15-16H2,1-5H3,(H,36,38)/t17-,23+/m0/s1. The van der Waals surface area contributed by atoms with Crippen LogP contribution in [0.4, 0.5) is 0 Å². The molecule has 0 spiro atoms. The van der Waals surface area contributed by atoms with E-state index < -0.39 is 18.3 Å². The number of benzene rings is 2. The summed E-state index contributed by atoms with van der Waals surface area (Å²) in [6.45, 7) is 9.14. The van der Waals surface area contributed by atoms with E-state index in [-0.39, 0.29) is 18.0 Å². The topological polar surface area (TPSA) is 90.9 Å². The monoisotopic (exact) mass is 609 g/mol. The van der Waals surface area contributed by atoms with Crippen LogP contribution in [0.3, 0.4) is 0 Å². The Morgan fingerprint density at radius 3 is 2.38 bits per heavy atom. The normalized spacial score (nSPS) is 22.2. The van der Waals surface area contributed by atoms with Crippen LogP contribution in [0, 0.1) is 0 Å². The minimum Gasteiger partial charge on any atom is -0.491 e. The minimum atomic E-state index is -0.601. The maximum absolute atomic E-state index is 11.6. The van der Waals surface area contributed by atoms with E-state index >= 15 is 0 Å². The molecule has 2 fully saturated rings. The molecule has 3 aromatic rings. The first-order chi connectivity index (χ1) is 20.0. The number of hydrogen-bond acceptors (Lipinski definition) is 7. The van der Waals surface area contributed by atoms with Gasteiger partial charge < -0.3 is 29.4 Å². The maximum Gasteiger partial charge on any atom is 0.496 e. The van der Waals surface area contributed by atoms with E-state index in [4.69, 9.17) is 47.0 Å². The molecule has 6 rings (SSSR count). The summed E-state index contributed by atoms with van der Waals surface area (Å²) in [6.07, 6.45) is 1.38. The Labute approximate surface area is 256 Å². The molecule has 3 aliphatic heterocycles. The Morgan fingerprint density at radius 2 is 1.71 bits per heavy atom. The van der Waals surface area contributed by atoms with Crippen molar-refractivity contribution in [3.05, 3.63) is 58.1 Å². The minimum absolute atomic E-state index is 0.0917. The quantitative estimate of drug-likeness (QED) is 0.350. The number of hydrogen-bond donors (Lipinski definition) is 2. The number of ether oxygens (including phenoxy) is 2. The Hall–Kier alpha value is -2.82. The van der Waals surface area contributed by atoms with Gasteiger partial charge in [-0.3, -0.25) is 4.79 Å². The van der Waals surface area contributed by atoms with Crippen molar-refractivity contribution in [2.24, 2.45) is 0 Å². The number of amides is 1. The summed E-state index contributed by atoms with van der Waals surface area (Å²) in [7, 11) is 0.994. The van der Waals surface area contributed by atoms with Crippen LogP contribution in [0.2, 0.25) is 10.0 Å². The van der Waals surface area contributed by atoms with E-state index in [1.54, 1.807) is 7.11 Å². The molecule has 1 aromatic heterocycles. The predicted molar refractivity (Wildman–Crippen MR) is 165 cm³/mol. The van der Waals surface area contributed by atoms with E-state index in [1.165, 1.54) is 0 Å². The summed E-state index contributed by atoms with van der Waals surface area (Å²) in [5.74, 6) is 1.25. The highest BCUT2D eigenvalue weighted by Crippen LogP contribution is 2.44. The van der Waals surface area contributed by atoms with Crippen molar-refractivity contribution in [3.63, 3.8) is 0 Å². The Kier molecular flexibility index (Phi) is 7.69. The van der Waals surface area contributed by atoms with Gasteiger partial charge >= 0.3 is 7.12 Å². The highest BCUT2D eigenvalue weighted by Gasteiger charge is 2.52. The lowest BCUT2D eigenvalue weighted by Crippen LogP contribution is -2.41. The highest BCUT2D eigenvalue weighted by atomic mass is 35.5. The molecule has 0 saturated carbocycles. The van der Waals surface area contributed by atoms with Gasteiger partial charge in [-0.1, -0.05) is 59.6 Å². The van der Waals surface area contributed by atoms with Gasteiger partial charge in [-0.2, -0.15) is 0 Å². The Morgan fingerprint density at radius 1 is 1.05 bits per heavy atom. The highest BCUT2D eigenvalue weighted by molar-refractivity contribution is 6.66. The van der Waals surface area contributed by atoms with Crippen LogP contribution in [0.15, 0.2) is 42.5 Å². The lowest BCUT2D eigenvalue weighted by molar-refractivity contribution is -0.119. The Balaban J connectivity index is 1.31. The van der Waals surface area contributed by atoms with E-state index in [0.29, 0.717) is 46.9 Å². The third kappa shape index (κ3) is 5.15. The molecule has 2 saturated heterocycles. The van der Waals surface area contributed by atoms with Crippen LogP contribution in [-0.4, -0.2) is 55.5 Å². The molecule has 0 bridgehead atoms. The van der Waals surface area contributed by atoms with E-state index in [1.807, 2.05) is 70.2 Å². The number of pyridine rings is 1. The average molecular weight is 610 g/mol. The molecule has 0 aliphatic carbocycles. The van der Waals surface area contributed by atoms with Crippen LogP contribution >= 0.6 is 23.2 Å². The zero-order chi connectivity index (χ0) is 29.8. The number of rotatable bonds is 7. The lowest BCUT2D eigenvalue weighted by atomic mass is 9.77. The van der Waals surface area contributed by atoms with Crippen molar-refractivity contribution in [3.8, 4) is 34.0 Å². The molecule has 1 amide bonds. The van der Waals surface area contributed by atoms with Crippen molar-refractivity contribution >= 4 is 41.7 Å². The van der Waals surface area contributed by atoms with Gasteiger partial charge in [-0.05, 0) is 34.1 Å². The first-order valence-electron chi connectivity index (χ1n) is 14.2. The molecule has 0 radical (unpaired) electrons. The Bertz CT molecular complexity index is 1530. The second-order valence-electron chi connectivity index (χ2n) is 12.0. The van der Waals surface area contributed by atoms with Crippen LogP contribution in [0.25, 0.3) is 22.4 Å². The van der Waals surface area contributed by atoms with E-state index in [2.05, 4.69) is 10.6 Å². The number of halogens is 2. The van der Waals surface area contributed by atoms with Crippen molar-refractivity contribution in [2.45, 2.75) is 63.8 Å². The molecule has 4 heterocycles. The largest absolute Gasteiger partial charge is 0.496 e. The molecule has 11 heteroatoms. The van der Waals surface area contributed by atoms with Gasteiger partial charge in [-0.25, -0.2) is 4.98 Å². The first-order valence-corrected chi connectivity index (χ1v) is 14.9. The molecule has 2 atom stereocenters. The average Bonchev–Trinajstić information content (AvgIpc) is 3.62. The number of carbonyl (C=O) groups is 1. The van der Waals surface area contributed by atoms with Crippen molar-refractivity contribution in [1.82, 2.24) is 15.6 Å². The fraction of sp³-hybridized carbons (Fsp3) is 0.419. The van der Waals surface area contributed by atoms with Gasteiger partial charge in [-0.15, -0.1) is 0 Å². The second-order valence-corrected chi connectivity index (χ2v) is 12.7. The van der Waals surface area contributed by atoms with Gasteiger partial charge in [0.1, 0.15) is 12.4 Å². The smallest absolute Gasteiger partial charge is 0.491 e. The van der Waals surface area contributed by atoms with Gasteiger partial charge in [0.25, 0.3) is 0 Å². The SMILES string of the molecule is COc1nc(-c2cccc(-c3cccc(B4OC(C)(C)C(C)(C)O4)c3Cl)c2Cl)cc2c1[C@H](NC[C@@H]1CCC(=O)N1)CO2. The number of carbonyl (C=O) groups excluding carboxylic acids is 1. The lowest BCUT2D eigenvalue weighted by Gasteiger charge is -2.32. The van der Waals surface area contributed by atoms with Crippen LogP contribution < -0.4 is 25.6 Å². The number of methoxy groups -OCH3 is 1. The third-order valence-electron chi connectivity index (χ3n) is 8.73. The predicted octanol–water partition coefficient (Wildman–Crippen LogP) is 5.33. The van der Waals surface area contributed by atoms with Gasteiger partial charge in [0, 0.05) is 52.2 Å². The number of fused-ring (bicyclic) bond motifs is 1. The number of nitrogens with zero attached hydrogens (tertiary/aromatic N) is 1. The van der Waals surface area contributed by atoms with Crippen LogP contribution in [0.5, 0.6) is 11.6 Å². The first kappa shape index (κ1) is 29.3. The number of aromatic nitrogens is 1. The van der Waals surface area contributed by atoms with E-state index in [0.717, 1.165) is 34.1 Å². The molecule has 2 N–H and O–H groups in total. The fourth-order valence-electron chi connectivity index (χ4n) is 5.62. The zero-order valence-electron chi connectivity index (χ0n) is 24.3. The number of nitrogens with one attached hydrogen (secondary N) is 2. The summed E-state index contributed by atoms with van der Waals surface area (Å²) in [6, 6.07) is 13.5. The summed E-state index contributed by atoms with van der Waals surface area (Å²) >= 11 is 14.1. The summed E-state index contributed by atoms with van der Waals surface area (Å²) < 4.78 is 24.3. The zero-order valence-corrected chi connectivity index (χ0v) is 25.9. The molecular weight excluding hydrogens is 576 g/mol. The molecule has 220 valence electrons. The van der Waals surface area contributed by atoms with Crippen molar-refractivity contribution in [2.75, 3.05) is 20.3 Å². The molecular formula is C31H34BCl2N3O5.